The fourth-order valence-corrected chi connectivity index (χ4v) is 0.534. The van der Waals surface area contributed by atoms with Crippen molar-refractivity contribution in [2.45, 2.75) is 6.92 Å². The Morgan fingerprint density at radius 3 is 1.56 bits per heavy atom. The quantitative estimate of drug-likeness (QED) is 0.508. The summed E-state index contributed by atoms with van der Waals surface area (Å²) >= 11 is 0. The number of hydrogen-bond donors (Lipinski definition) is 0. The summed E-state index contributed by atoms with van der Waals surface area (Å²) < 4.78 is 0. The van der Waals surface area contributed by atoms with Crippen molar-refractivity contribution in [3.63, 3.8) is 0 Å². The SMILES string of the molecule is Cc1ccccc1.F.F. The predicted molar refractivity (Wildman–Crippen MR) is 36.2 cm³/mol. The van der Waals surface area contributed by atoms with Crippen LogP contribution in [0.25, 0.3) is 0 Å². The molecule has 0 saturated carbocycles. The van der Waals surface area contributed by atoms with Gasteiger partial charge in [-0.2, -0.15) is 0 Å². The lowest BCUT2D eigenvalue weighted by Gasteiger charge is -1.82. The third-order valence-corrected chi connectivity index (χ3v) is 0.940. The van der Waals surface area contributed by atoms with E-state index in [4.69, 9.17) is 0 Å². The third kappa shape index (κ3) is 3.64. The molecule has 0 heterocycles. The second-order valence-electron chi connectivity index (χ2n) is 1.65. The first-order chi connectivity index (χ1) is 3.39. The van der Waals surface area contributed by atoms with Crippen molar-refractivity contribution < 1.29 is 9.41 Å². The zero-order valence-corrected chi connectivity index (χ0v) is 5.20. The van der Waals surface area contributed by atoms with Crippen molar-refractivity contribution in [3.05, 3.63) is 35.9 Å². The van der Waals surface area contributed by atoms with E-state index in [9.17, 15) is 0 Å². The molecule has 0 N–H and O–H groups in total. The van der Waals surface area contributed by atoms with Gasteiger partial charge in [0.05, 0.1) is 0 Å². The summed E-state index contributed by atoms with van der Waals surface area (Å²) in [6.45, 7) is 2.08. The standard InChI is InChI=1S/C7H8.2FH/c1-7-5-3-2-4-6-7;;/h2-6H,1H3;2*1H. The van der Waals surface area contributed by atoms with Crippen LogP contribution in [0.2, 0.25) is 0 Å². The molecule has 1 aromatic rings. The molecule has 0 nitrogen and oxygen atoms in total. The van der Waals surface area contributed by atoms with Crippen LogP contribution in [-0.4, -0.2) is 0 Å². The van der Waals surface area contributed by atoms with Gasteiger partial charge in [-0.1, -0.05) is 35.9 Å². The van der Waals surface area contributed by atoms with E-state index < -0.39 is 0 Å². The molecule has 1 rings (SSSR count). The maximum Gasteiger partial charge on any atom is -0.0398 e. The summed E-state index contributed by atoms with van der Waals surface area (Å²) in [4.78, 5) is 0. The maximum absolute atomic E-state index is 2.08. The fourth-order valence-electron chi connectivity index (χ4n) is 0.534. The van der Waals surface area contributed by atoms with Gasteiger partial charge < -0.3 is 0 Å². The molecule has 1 aromatic carbocycles. The second-order valence-corrected chi connectivity index (χ2v) is 1.65. The van der Waals surface area contributed by atoms with Gasteiger partial charge in [-0.15, -0.1) is 0 Å². The monoisotopic (exact) mass is 132 g/mol. The first kappa shape index (κ1) is 11.0. The van der Waals surface area contributed by atoms with Gasteiger partial charge in [-0.05, 0) is 6.92 Å². The summed E-state index contributed by atoms with van der Waals surface area (Å²) in [5, 5.41) is 0. The first-order valence-corrected chi connectivity index (χ1v) is 2.41. The van der Waals surface area contributed by atoms with Gasteiger partial charge in [0, 0.05) is 0 Å². The summed E-state index contributed by atoms with van der Waals surface area (Å²) in [7, 11) is 0. The van der Waals surface area contributed by atoms with Gasteiger partial charge in [0.2, 0.25) is 0 Å². The van der Waals surface area contributed by atoms with Gasteiger partial charge in [-0.25, -0.2) is 0 Å². The van der Waals surface area contributed by atoms with E-state index in [-0.39, 0.29) is 9.41 Å². The summed E-state index contributed by atoms with van der Waals surface area (Å²) in [6.07, 6.45) is 0. The van der Waals surface area contributed by atoms with Gasteiger partial charge in [0.25, 0.3) is 0 Å². The Morgan fingerprint density at radius 1 is 0.889 bits per heavy atom. The lowest BCUT2D eigenvalue weighted by atomic mass is 10.2. The van der Waals surface area contributed by atoms with Crippen molar-refractivity contribution in [1.82, 2.24) is 0 Å². The highest BCUT2D eigenvalue weighted by molar-refractivity contribution is 5.11. The molecule has 9 heavy (non-hydrogen) atoms. The maximum atomic E-state index is 2.08. The van der Waals surface area contributed by atoms with Crippen LogP contribution < -0.4 is 0 Å². The van der Waals surface area contributed by atoms with E-state index in [1.807, 2.05) is 18.2 Å². The van der Waals surface area contributed by atoms with Crippen LogP contribution in [0.4, 0.5) is 9.41 Å². The highest BCUT2D eigenvalue weighted by Gasteiger charge is 1.72. The van der Waals surface area contributed by atoms with E-state index in [0.29, 0.717) is 0 Å². The Morgan fingerprint density at radius 2 is 1.33 bits per heavy atom. The fraction of sp³-hybridized carbons (Fsp3) is 0.143. The lowest BCUT2D eigenvalue weighted by molar-refractivity contribution is 1.11. The zero-order chi connectivity index (χ0) is 5.11. The van der Waals surface area contributed by atoms with Gasteiger partial charge in [0.15, 0.2) is 0 Å². The van der Waals surface area contributed by atoms with E-state index in [1.165, 1.54) is 5.56 Å². The van der Waals surface area contributed by atoms with Crippen LogP contribution in [0.3, 0.4) is 0 Å². The van der Waals surface area contributed by atoms with Crippen LogP contribution in [0.5, 0.6) is 0 Å². The molecule has 0 atom stereocenters. The van der Waals surface area contributed by atoms with Crippen molar-refractivity contribution in [1.29, 1.82) is 0 Å². The summed E-state index contributed by atoms with van der Waals surface area (Å²) in [6, 6.07) is 10.3. The summed E-state index contributed by atoms with van der Waals surface area (Å²) in [5.74, 6) is 0. The number of rotatable bonds is 0. The molecule has 0 aromatic heterocycles. The molecule has 2 heteroatoms. The zero-order valence-electron chi connectivity index (χ0n) is 5.20. The predicted octanol–water partition coefficient (Wildman–Crippen LogP) is 2.30. The molecular weight excluding hydrogens is 122 g/mol. The lowest BCUT2D eigenvalue weighted by Crippen LogP contribution is -1.62. The van der Waals surface area contributed by atoms with Crippen LogP contribution in [0, 0.1) is 6.92 Å². The smallest absolute Gasteiger partial charge is 0.0398 e. The Balaban J connectivity index is 0. The molecule has 52 valence electrons. The molecule has 0 amide bonds. The minimum atomic E-state index is 0. The van der Waals surface area contributed by atoms with Crippen molar-refractivity contribution in [2.75, 3.05) is 0 Å². The molecule has 0 unspecified atom stereocenters. The molecule has 0 radical (unpaired) electrons. The van der Waals surface area contributed by atoms with Crippen LogP contribution in [0.1, 0.15) is 5.56 Å². The molecule has 0 bridgehead atoms. The molecular formula is C7H10F2. The minimum Gasteiger partial charge on any atom is -0.269 e. The second kappa shape index (κ2) is 5.22. The van der Waals surface area contributed by atoms with Crippen molar-refractivity contribution in [2.24, 2.45) is 0 Å². The number of hydrogen-bond acceptors (Lipinski definition) is 0. The van der Waals surface area contributed by atoms with Gasteiger partial charge >= 0.3 is 0 Å². The molecule has 0 spiro atoms. The van der Waals surface area contributed by atoms with E-state index in [0.717, 1.165) is 0 Å². The third-order valence-electron chi connectivity index (χ3n) is 0.940. The first-order valence-electron chi connectivity index (χ1n) is 2.41. The van der Waals surface area contributed by atoms with Crippen molar-refractivity contribution >= 4 is 0 Å². The van der Waals surface area contributed by atoms with Crippen LogP contribution >= 0.6 is 0 Å². The molecule has 0 fully saturated rings. The highest BCUT2D eigenvalue weighted by Crippen LogP contribution is 1.92. The molecule has 0 saturated heterocycles. The van der Waals surface area contributed by atoms with E-state index in [1.54, 1.807) is 0 Å². The number of benzene rings is 1. The Kier molecular flexibility index (Phi) is 6.36. The number of aryl methyl sites for hydroxylation is 1. The van der Waals surface area contributed by atoms with Gasteiger partial charge in [-0.3, -0.25) is 9.41 Å². The molecule has 0 aliphatic heterocycles. The number of halogens is 2. The van der Waals surface area contributed by atoms with Crippen LogP contribution in [-0.2, 0) is 0 Å². The Hall–Kier alpha value is -0.920. The Bertz CT molecular complexity index is 137. The van der Waals surface area contributed by atoms with Crippen LogP contribution in [0.15, 0.2) is 30.3 Å². The van der Waals surface area contributed by atoms with Gasteiger partial charge in [0.1, 0.15) is 0 Å². The normalized spacial score (nSPS) is 6.78. The topological polar surface area (TPSA) is 0 Å². The average molecular weight is 132 g/mol. The highest BCUT2D eigenvalue weighted by atomic mass is 19.0. The van der Waals surface area contributed by atoms with E-state index >= 15 is 0 Å². The average Bonchev–Trinajstić information content (AvgIpc) is 1.69. The summed E-state index contributed by atoms with van der Waals surface area (Å²) in [5.41, 5.74) is 1.32. The molecule has 0 aliphatic rings. The van der Waals surface area contributed by atoms with Crippen molar-refractivity contribution in [3.8, 4) is 0 Å². The molecule has 0 aliphatic carbocycles. The minimum absolute atomic E-state index is 0. The largest absolute Gasteiger partial charge is 0.269 e. The Labute approximate surface area is 53.3 Å². The van der Waals surface area contributed by atoms with E-state index in [2.05, 4.69) is 19.1 Å².